The number of ether oxygens (including phenoxy) is 1. The molecular formula is C22H25N3O2S. The number of aryl methyl sites for hydroxylation is 1. The molecule has 1 aromatic heterocycles. The van der Waals surface area contributed by atoms with Crippen LogP contribution in [0.2, 0.25) is 0 Å². The summed E-state index contributed by atoms with van der Waals surface area (Å²) in [4.78, 5) is 12.3. The van der Waals surface area contributed by atoms with Gasteiger partial charge in [-0.15, -0.1) is 10.2 Å². The molecule has 0 spiro atoms. The summed E-state index contributed by atoms with van der Waals surface area (Å²) in [6.07, 6.45) is 0.765. The number of carbonyl (C=O) groups excluding carboxylic acids is 1. The number of benzene rings is 2. The number of Topliss-reactive ketones (excluding diaryl/α,β-unsaturated/α-hetero) is 1. The van der Waals surface area contributed by atoms with E-state index in [1.54, 1.807) is 0 Å². The van der Waals surface area contributed by atoms with Gasteiger partial charge in [-0.25, -0.2) is 0 Å². The lowest BCUT2D eigenvalue weighted by Gasteiger charge is -2.15. The molecule has 6 heteroatoms. The van der Waals surface area contributed by atoms with Gasteiger partial charge >= 0.3 is 0 Å². The third kappa shape index (κ3) is 4.81. The molecule has 0 amide bonds. The van der Waals surface area contributed by atoms with Gasteiger partial charge in [0.25, 0.3) is 0 Å². The van der Waals surface area contributed by atoms with E-state index in [0.29, 0.717) is 17.9 Å². The molecule has 3 aromatic rings. The predicted molar refractivity (Wildman–Crippen MR) is 112 cm³/mol. The molecule has 0 aliphatic heterocycles. The Morgan fingerprint density at radius 1 is 1.07 bits per heavy atom. The Morgan fingerprint density at radius 3 is 2.43 bits per heavy atom. The van der Waals surface area contributed by atoms with Crippen LogP contribution >= 0.6 is 11.8 Å². The van der Waals surface area contributed by atoms with Crippen molar-refractivity contribution in [2.75, 3.05) is 5.75 Å². The maximum atomic E-state index is 12.3. The van der Waals surface area contributed by atoms with Crippen LogP contribution in [-0.2, 0) is 13.0 Å². The fraction of sp³-hybridized carbons (Fsp3) is 0.318. The van der Waals surface area contributed by atoms with Gasteiger partial charge in [0.1, 0.15) is 5.75 Å². The number of hydrogen-bond acceptors (Lipinski definition) is 5. The Morgan fingerprint density at radius 2 is 1.79 bits per heavy atom. The Bertz CT molecular complexity index is 907. The third-order valence-electron chi connectivity index (χ3n) is 4.50. The Labute approximate surface area is 170 Å². The van der Waals surface area contributed by atoms with E-state index < -0.39 is 0 Å². The van der Waals surface area contributed by atoms with Crippen LogP contribution in [0.5, 0.6) is 5.75 Å². The second kappa shape index (κ2) is 9.55. The largest absolute Gasteiger partial charge is 0.483 e. The number of nitrogens with zero attached hydrogens (tertiary/aromatic N) is 3. The highest BCUT2D eigenvalue weighted by atomic mass is 32.2. The SMILES string of the molecule is CCc1ccc(OC(C)c2nnc(SCC(=O)c3ccccc3)n2CC)cc1. The summed E-state index contributed by atoms with van der Waals surface area (Å²) in [6, 6.07) is 17.4. The first-order chi connectivity index (χ1) is 13.6. The number of ketones is 1. The average Bonchev–Trinajstić information content (AvgIpc) is 3.16. The van der Waals surface area contributed by atoms with E-state index >= 15 is 0 Å². The fourth-order valence-corrected chi connectivity index (χ4v) is 3.81. The minimum atomic E-state index is -0.237. The van der Waals surface area contributed by atoms with Crippen molar-refractivity contribution >= 4 is 17.5 Å². The van der Waals surface area contributed by atoms with E-state index in [-0.39, 0.29) is 11.9 Å². The lowest BCUT2D eigenvalue weighted by Crippen LogP contribution is -2.12. The van der Waals surface area contributed by atoms with E-state index in [2.05, 4.69) is 29.3 Å². The van der Waals surface area contributed by atoms with Gasteiger partial charge in [0.2, 0.25) is 0 Å². The highest BCUT2D eigenvalue weighted by Gasteiger charge is 2.19. The van der Waals surface area contributed by atoms with Crippen LogP contribution in [0.3, 0.4) is 0 Å². The molecule has 0 saturated heterocycles. The van der Waals surface area contributed by atoms with Gasteiger partial charge < -0.3 is 9.30 Å². The minimum absolute atomic E-state index is 0.0816. The summed E-state index contributed by atoms with van der Waals surface area (Å²) in [6.45, 7) is 6.85. The van der Waals surface area contributed by atoms with Gasteiger partial charge in [0.05, 0.1) is 5.75 Å². The maximum absolute atomic E-state index is 12.3. The molecule has 0 aliphatic carbocycles. The first-order valence-corrected chi connectivity index (χ1v) is 10.5. The van der Waals surface area contributed by atoms with Crippen molar-refractivity contribution in [3.8, 4) is 5.75 Å². The van der Waals surface area contributed by atoms with Crippen molar-refractivity contribution in [3.05, 3.63) is 71.5 Å². The van der Waals surface area contributed by atoms with E-state index in [1.165, 1.54) is 17.3 Å². The van der Waals surface area contributed by atoms with Gasteiger partial charge in [-0.05, 0) is 38.0 Å². The molecule has 1 unspecified atom stereocenters. The smallest absolute Gasteiger partial charge is 0.191 e. The van der Waals surface area contributed by atoms with Crippen molar-refractivity contribution in [3.63, 3.8) is 0 Å². The van der Waals surface area contributed by atoms with Crippen molar-refractivity contribution in [1.29, 1.82) is 0 Å². The van der Waals surface area contributed by atoms with Gasteiger partial charge in [-0.1, -0.05) is 61.2 Å². The summed E-state index contributed by atoms with van der Waals surface area (Å²) in [5.74, 6) is 1.98. The molecular weight excluding hydrogens is 370 g/mol. The summed E-state index contributed by atoms with van der Waals surface area (Å²) in [5.41, 5.74) is 1.99. The van der Waals surface area contributed by atoms with Gasteiger partial charge in [-0.3, -0.25) is 4.79 Å². The van der Waals surface area contributed by atoms with E-state index in [1.807, 2.05) is 60.9 Å². The number of aromatic nitrogens is 3. The molecule has 0 radical (unpaired) electrons. The molecule has 0 N–H and O–H groups in total. The molecule has 0 fully saturated rings. The van der Waals surface area contributed by atoms with Crippen LogP contribution in [0.4, 0.5) is 0 Å². The van der Waals surface area contributed by atoms with Crippen LogP contribution < -0.4 is 4.74 Å². The lowest BCUT2D eigenvalue weighted by molar-refractivity contribution is 0.102. The molecule has 146 valence electrons. The lowest BCUT2D eigenvalue weighted by atomic mass is 10.2. The van der Waals surface area contributed by atoms with Gasteiger partial charge in [0, 0.05) is 12.1 Å². The topological polar surface area (TPSA) is 57.0 Å². The van der Waals surface area contributed by atoms with Gasteiger partial charge in [0.15, 0.2) is 22.9 Å². The summed E-state index contributed by atoms with van der Waals surface area (Å²) in [5, 5.41) is 9.34. The number of rotatable bonds is 9. The molecule has 0 bridgehead atoms. The zero-order chi connectivity index (χ0) is 19.9. The average molecular weight is 396 g/mol. The highest BCUT2D eigenvalue weighted by Crippen LogP contribution is 2.25. The monoisotopic (exact) mass is 395 g/mol. The normalized spacial score (nSPS) is 12.0. The van der Waals surface area contributed by atoms with Gasteiger partial charge in [-0.2, -0.15) is 0 Å². The molecule has 1 atom stereocenters. The van der Waals surface area contributed by atoms with Crippen LogP contribution in [0.15, 0.2) is 59.8 Å². The van der Waals surface area contributed by atoms with Crippen molar-refractivity contribution in [1.82, 2.24) is 14.8 Å². The van der Waals surface area contributed by atoms with Crippen molar-refractivity contribution in [2.24, 2.45) is 0 Å². The molecule has 28 heavy (non-hydrogen) atoms. The molecule has 0 saturated carbocycles. The summed E-state index contributed by atoms with van der Waals surface area (Å²) >= 11 is 1.41. The van der Waals surface area contributed by atoms with Crippen molar-refractivity contribution in [2.45, 2.75) is 45.0 Å². The quantitative estimate of drug-likeness (QED) is 0.378. The standard InChI is InChI=1S/C22H25N3O2S/c1-4-17-11-13-19(14-12-17)27-16(3)21-23-24-22(25(21)5-2)28-15-20(26)18-9-7-6-8-10-18/h6-14,16H,4-5,15H2,1-3H3. The van der Waals surface area contributed by atoms with Crippen LogP contribution in [-0.4, -0.2) is 26.3 Å². The Balaban J connectivity index is 1.67. The number of hydrogen-bond donors (Lipinski definition) is 0. The van der Waals surface area contributed by atoms with Crippen LogP contribution in [0.25, 0.3) is 0 Å². The fourth-order valence-electron chi connectivity index (χ4n) is 2.90. The van der Waals surface area contributed by atoms with E-state index in [0.717, 1.165) is 23.2 Å². The molecule has 3 rings (SSSR count). The number of carbonyl (C=O) groups is 1. The maximum Gasteiger partial charge on any atom is 0.191 e. The second-order valence-corrected chi connectivity index (χ2v) is 7.36. The predicted octanol–water partition coefficient (Wildman–Crippen LogP) is 4.98. The van der Waals surface area contributed by atoms with Crippen LogP contribution in [0, 0.1) is 0 Å². The van der Waals surface area contributed by atoms with Crippen molar-refractivity contribution < 1.29 is 9.53 Å². The summed E-state index contributed by atoms with van der Waals surface area (Å²) in [7, 11) is 0. The summed E-state index contributed by atoms with van der Waals surface area (Å²) < 4.78 is 8.06. The molecule has 0 aliphatic rings. The molecule has 5 nitrogen and oxygen atoms in total. The zero-order valence-corrected chi connectivity index (χ0v) is 17.3. The Hall–Kier alpha value is -2.60. The Kier molecular flexibility index (Phi) is 6.87. The number of thioether (sulfide) groups is 1. The highest BCUT2D eigenvalue weighted by molar-refractivity contribution is 7.99. The first kappa shape index (κ1) is 20.1. The van der Waals surface area contributed by atoms with E-state index in [9.17, 15) is 4.79 Å². The molecule has 1 heterocycles. The molecule has 2 aromatic carbocycles. The second-order valence-electron chi connectivity index (χ2n) is 6.42. The zero-order valence-electron chi connectivity index (χ0n) is 16.5. The third-order valence-corrected chi connectivity index (χ3v) is 5.46. The van der Waals surface area contributed by atoms with Crippen LogP contribution in [0.1, 0.15) is 48.6 Å². The minimum Gasteiger partial charge on any atom is -0.483 e. The van der Waals surface area contributed by atoms with E-state index in [4.69, 9.17) is 4.74 Å². The first-order valence-electron chi connectivity index (χ1n) is 9.52.